The van der Waals surface area contributed by atoms with Crippen LogP contribution >= 0.6 is 12.2 Å². The van der Waals surface area contributed by atoms with Crippen molar-refractivity contribution in [1.29, 1.82) is 0 Å². The highest BCUT2D eigenvalue weighted by molar-refractivity contribution is 7.71. The quantitative estimate of drug-likeness (QED) is 0.661. The molecule has 5 nitrogen and oxygen atoms in total. The third-order valence-electron chi connectivity index (χ3n) is 5.70. The van der Waals surface area contributed by atoms with E-state index < -0.39 is 0 Å². The fourth-order valence-electron chi connectivity index (χ4n) is 4.05. The van der Waals surface area contributed by atoms with Crippen LogP contribution in [0.15, 0.2) is 24.3 Å². The second-order valence-corrected chi connectivity index (χ2v) is 8.39. The van der Waals surface area contributed by atoms with E-state index in [-0.39, 0.29) is 0 Å². The summed E-state index contributed by atoms with van der Waals surface area (Å²) in [7, 11) is 2.14. The highest BCUT2D eigenvalue weighted by atomic mass is 32.1. The zero-order chi connectivity index (χ0) is 18.8. The molecule has 0 unspecified atom stereocenters. The molecule has 6 heteroatoms. The van der Waals surface area contributed by atoms with Gasteiger partial charge in [0, 0.05) is 37.8 Å². The van der Waals surface area contributed by atoms with E-state index in [9.17, 15) is 0 Å². The van der Waals surface area contributed by atoms with Gasteiger partial charge in [0.05, 0.1) is 6.67 Å². The van der Waals surface area contributed by atoms with Crippen LogP contribution in [0.25, 0.3) is 0 Å². The number of anilines is 1. The number of rotatable bonds is 7. The molecule has 0 N–H and O–H groups in total. The van der Waals surface area contributed by atoms with Gasteiger partial charge in [-0.25, -0.2) is 4.68 Å². The van der Waals surface area contributed by atoms with Gasteiger partial charge in [0.2, 0.25) is 0 Å². The van der Waals surface area contributed by atoms with Gasteiger partial charge in [-0.05, 0) is 76.0 Å². The summed E-state index contributed by atoms with van der Waals surface area (Å²) in [5.74, 6) is 1.81. The van der Waals surface area contributed by atoms with Gasteiger partial charge < -0.3 is 9.47 Å². The Morgan fingerprint density at radius 3 is 2.44 bits per heavy atom. The maximum atomic E-state index is 5.66. The highest BCUT2D eigenvalue weighted by Crippen LogP contribution is 2.39. The molecule has 2 heterocycles. The summed E-state index contributed by atoms with van der Waals surface area (Å²) >= 11 is 5.66. The molecule has 0 spiro atoms. The van der Waals surface area contributed by atoms with E-state index in [4.69, 9.17) is 17.3 Å². The Morgan fingerprint density at radius 2 is 1.81 bits per heavy atom. The number of nitrogens with zero attached hydrogens (tertiary/aromatic N) is 5. The normalized spacial score (nSPS) is 17.7. The van der Waals surface area contributed by atoms with E-state index in [0.29, 0.717) is 5.92 Å². The van der Waals surface area contributed by atoms with Crippen molar-refractivity contribution in [3.63, 3.8) is 0 Å². The van der Waals surface area contributed by atoms with Crippen molar-refractivity contribution in [3.8, 4) is 0 Å². The standard InChI is InChI=1S/C21H31N5S/c1-3-25-20(18-9-10-18)22-26(21(25)27)16-23(2)15-17-7-11-19(12-8-17)24-13-5-4-6-14-24/h7-8,11-12,18H,3-6,9-10,13-16H2,1-2H3. The Labute approximate surface area is 167 Å². The molecule has 4 rings (SSSR count). The summed E-state index contributed by atoms with van der Waals surface area (Å²) in [5.41, 5.74) is 2.70. The predicted octanol–water partition coefficient (Wildman–Crippen LogP) is 4.39. The van der Waals surface area contributed by atoms with E-state index in [2.05, 4.69) is 52.6 Å². The van der Waals surface area contributed by atoms with Gasteiger partial charge in [0.1, 0.15) is 5.82 Å². The molecule has 0 bridgehead atoms. The molecule has 0 atom stereocenters. The van der Waals surface area contributed by atoms with E-state index in [1.807, 2.05) is 4.68 Å². The third-order valence-corrected chi connectivity index (χ3v) is 6.13. The maximum absolute atomic E-state index is 5.66. The van der Waals surface area contributed by atoms with Crippen molar-refractivity contribution < 1.29 is 0 Å². The second-order valence-electron chi connectivity index (χ2n) is 8.03. The second kappa shape index (κ2) is 8.15. The molecular formula is C21H31N5S. The van der Waals surface area contributed by atoms with Crippen molar-refractivity contribution in [2.75, 3.05) is 25.0 Å². The highest BCUT2D eigenvalue weighted by Gasteiger charge is 2.29. The zero-order valence-corrected chi connectivity index (χ0v) is 17.4. The van der Waals surface area contributed by atoms with Gasteiger partial charge in [-0.15, -0.1) is 0 Å². The van der Waals surface area contributed by atoms with Gasteiger partial charge >= 0.3 is 0 Å². The molecule has 1 aromatic heterocycles. The molecule has 0 amide bonds. The summed E-state index contributed by atoms with van der Waals surface area (Å²) in [5, 5.41) is 4.83. The van der Waals surface area contributed by atoms with Crippen LogP contribution in [0.3, 0.4) is 0 Å². The lowest BCUT2D eigenvalue weighted by Crippen LogP contribution is -2.29. The molecule has 0 radical (unpaired) electrons. The van der Waals surface area contributed by atoms with Crippen molar-refractivity contribution in [1.82, 2.24) is 19.2 Å². The molecule has 2 fully saturated rings. The van der Waals surface area contributed by atoms with Gasteiger partial charge in [0.25, 0.3) is 0 Å². The van der Waals surface area contributed by atoms with E-state index >= 15 is 0 Å². The van der Waals surface area contributed by atoms with Crippen molar-refractivity contribution in [3.05, 3.63) is 40.4 Å². The molecule has 146 valence electrons. The van der Waals surface area contributed by atoms with Gasteiger partial charge in [0.15, 0.2) is 4.77 Å². The number of hydrogen-bond acceptors (Lipinski definition) is 4. The van der Waals surface area contributed by atoms with E-state index in [0.717, 1.165) is 24.5 Å². The number of hydrogen-bond donors (Lipinski definition) is 0. The first-order valence-electron chi connectivity index (χ1n) is 10.4. The Balaban J connectivity index is 1.39. The minimum atomic E-state index is 0.625. The van der Waals surface area contributed by atoms with Crippen LogP contribution < -0.4 is 4.90 Å². The van der Waals surface area contributed by atoms with Crippen molar-refractivity contribution in [2.24, 2.45) is 0 Å². The smallest absolute Gasteiger partial charge is 0.199 e. The molecule has 1 aromatic carbocycles. The van der Waals surface area contributed by atoms with Crippen molar-refractivity contribution in [2.45, 2.75) is 64.7 Å². The average molecular weight is 386 g/mol. The fraction of sp³-hybridized carbons (Fsp3) is 0.619. The number of aromatic nitrogens is 3. The van der Waals surface area contributed by atoms with Gasteiger partial charge in [-0.3, -0.25) is 4.90 Å². The van der Waals surface area contributed by atoms with E-state index in [1.54, 1.807) is 0 Å². The SMILES string of the molecule is CCn1c(C2CC2)nn(CN(C)Cc2ccc(N3CCCCC3)cc2)c1=S. The topological polar surface area (TPSA) is 29.2 Å². The van der Waals surface area contributed by atoms with Crippen LogP contribution in [-0.2, 0) is 19.8 Å². The lowest BCUT2D eigenvalue weighted by molar-refractivity contribution is 0.243. The summed E-state index contributed by atoms with van der Waals surface area (Å²) in [6, 6.07) is 9.08. The van der Waals surface area contributed by atoms with Crippen molar-refractivity contribution >= 4 is 17.9 Å². The molecule has 27 heavy (non-hydrogen) atoms. The minimum Gasteiger partial charge on any atom is -0.372 e. The Bertz CT molecular complexity index is 812. The van der Waals surface area contributed by atoms with Crippen LogP contribution in [0.4, 0.5) is 5.69 Å². The molecule has 1 saturated heterocycles. The van der Waals surface area contributed by atoms with Crippen LogP contribution in [0.5, 0.6) is 0 Å². The number of piperidine rings is 1. The average Bonchev–Trinajstić information content (AvgIpc) is 3.48. The van der Waals surface area contributed by atoms with E-state index in [1.165, 1.54) is 62.3 Å². The zero-order valence-electron chi connectivity index (χ0n) is 16.6. The third kappa shape index (κ3) is 4.27. The lowest BCUT2D eigenvalue weighted by atomic mass is 10.1. The lowest BCUT2D eigenvalue weighted by Gasteiger charge is -2.29. The Morgan fingerprint density at radius 1 is 1.11 bits per heavy atom. The largest absolute Gasteiger partial charge is 0.372 e. The maximum Gasteiger partial charge on any atom is 0.199 e. The van der Waals surface area contributed by atoms with Crippen LogP contribution in [0.1, 0.15) is 56.3 Å². The fourth-order valence-corrected chi connectivity index (χ4v) is 4.37. The molecule has 1 saturated carbocycles. The van der Waals surface area contributed by atoms with Crippen LogP contribution in [-0.4, -0.2) is 39.4 Å². The Hall–Kier alpha value is -1.66. The predicted molar refractivity (Wildman–Crippen MR) is 113 cm³/mol. The first-order valence-corrected chi connectivity index (χ1v) is 10.8. The first-order chi connectivity index (χ1) is 13.2. The summed E-state index contributed by atoms with van der Waals surface area (Å²) in [6.07, 6.45) is 6.52. The van der Waals surface area contributed by atoms with Gasteiger partial charge in [-0.1, -0.05) is 12.1 Å². The minimum absolute atomic E-state index is 0.625. The van der Waals surface area contributed by atoms with Crippen LogP contribution in [0, 0.1) is 4.77 Å². The Kier molecular flexibility index (Phi) is 5.64. The summed E-state index contributed by atoms with van der Waals surface area (Å²) < 4.78 is 5.05. The molecule has 1 aliphatic carbocycles. The van der Waals surface area contributed by atoms with Gasteiger partial charge in [-0.2, -0.15) is 5.10 Å². The first kappa shape index (κ1) is 18.7. The summed E-state index contributed by atoms with van der Waals surface area (Å²) in [6.45, 7) is 7.09. The molecule has 2 aromatic rings. The molecule has 2 aliphatic rings. The summed E-state index contributed by atoms with van der Waals surface area (Å²) in [4.78, 5) is 4.79. The molecular weight excluding hydrogens is 354 g/mol. The number of benzene rings is 1. The van der Waals surface area contributed by atoms with Crippen LogP contribution in [0.2, 0.25) is 0 Å². The molecule has 1 aliphatic heterocycles. The monoisotopic (exact) mass is 385 g/mol.